The first-order valence-corrected chi connectivity index (χ1v) is 7.01. The molecule has 5 nitrogen and oxygen atoms in total. The van der Waals surface area contributed by atoms with Crippen LogP contribution in [0.2, 0.25) is 0 Å². The Hall–Kier alpha value is -2.24. The third-order valence-corrected chi connectivity index (χ3v) is 4.64. The fourth-order valence-corrected chi connectivity index (χ4v) is 3.77. The van der Waals surface area contributed by atoms with E-state index in [0.29, 0.717) is 31.0 Å². The molecule has 0 saturated heterocycles. The molecule has 0 amide bonds. The van der Waals surface area contributed by atoms with Gasteiger partial charge in [0.2, 0.25) is 6.79 Å². The summed E-state index contributed by atoms with van der Waals surface area (Å²) in [5.41, 5.74) is 4.53. The van der Waals surface area contributed by atoms with Gasteiger partial charge in [0.05, 0.1) is 6.54 Å². The first-order valence-electron chi connectivity index (χ1n) is 7.01. The van der Waals surface area contributed by atoms with Crippen LogP contribution < -0.4 is 14.1 Å². The fourth-order valence-electron chi connectivity index (χ4n) is 3.77. The van der Waals surface area contributed by atoms with Crippen LogP contribution in [0, 0.1) is 5.21 Å². The Kier molecular flexibility index (Phi) is 1.90. The van der Waals surface area contributed by atoms with Crippen molar-refractivity contribution < 1.29 is 14.6 Å². The van der Waals surface area contributed by atoms with Crippen LogP contribution in [0.15, 0.2) is 24.3 Å². The summed E-state index contributed by atoms with van der Waals surface area (Å²) in [5.74, 6) is 1.61. The second-order valence-corrected chi connectivity index (χ2v) is 5.88. The highest BCUT2D eigenvalue weighted by molar-refractivity contribution is 5.88. The summed E-state index contributed by atoms with van der Waals surface area (Å²) < 4.78 is 10.5. The summed E-state index contributed by atoms with van der Waals surface area (Å²) in [7, 11) is 0. The number of nitrogens with zero attached hydrogens (tertiary/aromatic N) is 1. The second kappa shape index (κ2) is 3.50. The van der Waals surface area contributed by atoms with Crippen molar-refractivity contribution >= 4 is 5.69 Å². The summed E-state index contributed by atoms with van der Waals surface area (Å²) in [4.78, 5) is 0. The molecule has 0 bridgehead atoms. The number of hydrogen-bond acceptors (Lipinski definition) is 4. The molecular weight excluding hydrogens is 270 g/mol. The molecule has 0 radical (unpaired) electrons. The third kappa shape index (κ3) is 1.37. The summed E-state index contributed by atoms with van der Waals surface area (Å²) in [6.45, 7) is 1.16. The number of hydroxylamine groups is 2. The Morgan fingerprint density at radius 2 is 1.81 bits per heavy atom. The number of phenols is 1. The average Bonchev–Trinajstić information content (AvgIpc) is 3.02. The van der Waals surface area contributed by atoms with Gasteiger partial charge in [0.1, 0.15) is 18.0 Å². The lowest BCUT2D eigenvalue weighted by atomic mass is 9.91. The van der Waals surface area contributed by atoms with Crippen molar-refractivity contribution in [2.45, 2.75) is 13.0 Å². The van der Waals surface area contributed by atoms with Crippen LogP contribution in [0.25, 0.3) is 11.1 Å². The van der Waals surface area contributed by atoms with Gasteiger partial charge in [-0.05, 0) is 24.3 Å². The minimum Gasteiger partial charge on any atom is -0.627 e. The highest BCUT2D eigenvalue weighted by Gasteiger charge is 2.40. The van der Waals surface area contributed by atoms with Gasteiger partial charge in [-0.3, -0.25) is 0 Å². The maximum atomic E-state index is 13.1. The number of phenolic OH excluding ortho intramolecular Hbond substituents is 1. The molecule has 5 rings (SSSR count). The van der Waals surface area contributed by atoms with Gasteiger partial charge in [-0.15, -0.1) is 0 Å². The molecule has 1 unspecified atom stereocenters. The Labute approximate surface area is 121 Å². The van der Waals surface area contributed by atoms with Gasteiger partial charge in [0, 0.05) is 28.7 Å². The van der Waals surface area contributed by atoms with Crippen molar-refractivity contribution in [3.63, 3.8) is 0 Å². The molecule has 0 fully saturated rings. The molecule has 0 aliphatic carbocycles. The van der Waals surface area contributed by atoms with Crippen LogP contribution in [0.5, 0.6) is 17.2 Å². The standard InChI is InChI=1S/C16H13NO4/c18-11-3-9-1-2-17(19)7-10-4-14-15(21-8-20-14)6-12(10)13(5-11)16(9)17/h3-6,18H,1-2,7-8H2. The zero-order valence-corrected chi connectivity index (χ0v) is 11.3. The molecule has 21 heavy (non-hydrogen) atoms. The fraction of sp³-hybridized carbons (Fsp3) is 0.250. The molecule has 3 heterocycles. The van der Waals surface area contributed by atoms with Gasteiger partial charge in [0.25, 0.3) is 0 Å². The SMILES string of the molecule is [O-][N+]12CCc3cc(O)cc(c31)-c1cc3c(cc1C2)OCO3. The van der Waals surface area contributed by atoms with Crippen LogP contribution in [-0.4, -0.2) is 18.4 Å². The Balaban J connectivity index is 1.85. The van der Waals surface area contributed by atoms with E-state index in [-0.39, 0.29) is 17.2 Å². The highest BCUT2D eigenvalue weighted by Crippen LogP contribution is 2.52. The number of rotatable bonds is 0. The van der Waals surface area contributed by atoms with Crippen LogP contribution in [0.4, 0.5) is 5.69 Å². The first kappa shape index (κ1) is 11.4. The Bertz CT molecular complexity index is 801. The van der Waals surface area contributed by atoms with Crippen molar-refractivity contribution in [3.05, 3.63) is 40.6 Å². The molecule has 3 aliphatic heterocycles. The number of hydrogen-bond donors (Lipinski definition) is 1. The molecular formula is C16H13NO4. The van der Waals surface area contributed by atoms with Gasteiger partial charge >= 0.3 is 0 Å². The molecule has 1 atom stereocenters. The molecule has 0 saturated carbocycles. The zero-order valence-electron chi connectivity index (χ0n) is 11.3. The summed E-state index contributed by atoms with van der Waals surface area (Å²) in [6, 6.07) is 7.24. The number of fused-ring (bicyclic) bond motifs is 3. The van der Waals surface area contributed by atoms with E-state index in [4.69, 9.17) is 9.47 Å². The minimum absolute atomic E-state index is 0.211. The van der Waals surface area contributed by atoms with Crippen molar-refractivity contribution in [1.82, 2.24) is 4.65 Å². The molecule has 3 aliphatic rings. The lowest BCUT2D eigenvalue weighted by molar-refractivity contribution is 0.174. The van der Waals surface area contributed by atoms with Gasteiger partial charge in [-0.2, -0.15) is 0 Å². The number of aromatic hydroxyl groups is 1. The van der Waals surface area contributed by atoms with E-state index >= 15 is 0 Å². The largest absolute Gasteiger partial charge is 0.627 e. The Morgan fingerprint density at radius 1 is 1.00 bits per heavy atom. The number of quaternary nitrogens is 1. The van der Waals surface area contributed by atoms with E-state index in [1.807, 2.05) is 12.1 Å². The average molecular weight is 283 g/mol. The molecule has 0 aromatic heterocycles. The van der Waals surface area contributed by atoms with Gasteiger partial charge < -0.3 is 24.4 Å². The van der Waals surface area contributed by atoms with E-state index in [1.165, 1.54) is 0 Å². The predicted octanol–water partition coefficient (Wildman–Crippen LogP) is 2.66. The lowest BCUT2D eigenvalue weighted by Crippen LogP contribution is -2.42. The third-order valence-electron chi connectivity index (χ3n) is 4.64. The van der Waals surface area contributed by atoms with E-state index in [9.17, 15) is 10.3 Å². The quantitative estimate of drug-likeness (QED) is 0.596. The van der Waals surface area contributed by atoms with Crippen LogP contribution in [-0.2, 0) is 13.0 Å². The Morgan fingerprint density at radius 3 is 2.67 bits per heavy atom. The highest BCUT2D eigenvalue weighted by atomic mass is 16.7. The topological polar surface area (TPSA) is 61.8 Å². The molecule has 1 N–H and O–H groups in total. The molecule has 5 heteroatoms. The van der Waals surface area contributed by atoms with E-state index in [0.717, 1.165) is 27.9 Å². The second-order valence-electron chi connectivity index (χ2n) is 5.88. The number of benzene rings is 2. The van der Waals surface area contributed by atoms with Crippen molar-refractivity contribution in [1.29, 1.82) is 0 Å². The zero-order chi connectivity index (χ0) is 14.2. The van der Waals surface area contributed by atoms with E-state index in [1.54, 1.807) is 12.1 Å². The molecule has 2 aromatic rings. The van der Waals surface area contributed by atoms with Gasteiger partial charge in [0.15, 0.2) is 11.5 Å². The van der Waals surface area contributed by atoms with Crippen LogP contribution in [0.1, 0.15) is 11.1 Å². The summed E-state index contributed by atoms with van der Waals surface area (Å²) in [6.07, 6.45) is 0.709. The van der Waals surface area contributed by atoms with Gasteiger partial charge in [-0.1, -0.05) is 0 Å². The normalized spacial score (nSPS) is 23.9. The van der Waals surface area contributed by atoms with Crippen molar-refractivity contribution in [2.75, 3.05) is 13.3 Å². The first-order chi connectivity index (χ1) is 10.1. The maximum absolute atomic E-state index is 13.1. The lowest BCUT2D eigenvalue weighted by Gasteiger charge is -2.43. The summed E-state index contributed by atoms with van der Waals surface area (Å²) >= 11 is 0. The molecule has 0 spiro atoms. The predicted molar refractivity (Wildman–Crippen MR) is 77.1 cm³/mol. The monoisotopic (exact) mass is 283 g/mol. The van der Waals surface area contributed by atoms with Crippen molar-refractivity contribution in [2.24, 2.45) is 0 Å². The maximum Gasteiger partial charge on any atom is 0.231 e. The summed E-state index contributed by atoms with van der Waals surface area (Å²) in [5, 5.41) is 23.1. The smallest absolute Gasteiger partial charge is 0.231 e. The van der Waals surface area contributed by atoms with Gasteiger partial charge in [-0.25, -0.2) is 0 Å². The van der Waals surface area contributed by atoms with Crippen molar-refractivity contribution in [3.8, 4) is 28.4 Å². The van der Waals surface area contributed by atoms with E-state index in [2.05, 4.69) is 0 Å². The molecule has 106 valence electrons. The van der Waals surface area contributed by atoms with Crippen LogP contribution in [0.3, 0.4) is 0 Å². The number of ether oxygens (including phenoxy) is 2. The molecule has 2 aromatic carbocycles. The van der Waals surface area contributed by atoms with Crippen LogP contribution >= 0.6 is 0 Å². The van der Waals surface area contributed by atoms with E-state index < -0.39 is 0 Å². The minimum atomic E-state index is -0.336.